The number of allylic oxidation sites excluding steroid dienone is 4. The van der Waals surface area contributed by atoms with Gasteiger partial charge in [-0.15, -0.1) is 0 Å². The van der Waals surface area contributed by atoms with Crippen LogP contribution in [-0.4, -0.2) is 0 Å². The van der Waals surface area contributed by atoms with Gasteiger partial charge in [0.05, 0.1) is 0 Å². The first-order valence-electron chi connectivity index (χ1n) is 4.38. The Bertz CT molecular complexity index is 177. The van der Waals surface area contributed by atoms with Gasteiger partial charge in [0, 0.05) is 0 Å². The fraction of sp³-hybridized carbons (Fsp3) is 0.455. The molecule has 0 rings (SSSR count). The first-order chi connectivity index (χ1) is 5.72. The van der Waals surface area contributed by atoms with Crippen LogP contribution in [0, 0.1) is 0 Å². The lowest BCUT2D eigenvalue weighted by atomic mass is 10.1. The summed E-state index contributed by atoms with van der Waals surface area (Å²) in [6.07, 6.45) is 7.39. The summed E-state index contributed by atoms with van der Waals surface area (Å²) in [4.78, 5) is 0. The van der Waals surface area contributed by atoms with Crippen LogP contribution in [0.4, 0.5) is 4.39 Å². The fourth-order valence-electron chi connectivity index (χ4n) is 1.02. The highest BCUT2D eigenvalue weighted by Crippen LogP contribution is 2.17. The molecule has 0 spiro atoms. The largest absolute Gasteiger partial charge is 0.207 e. The van der Waals surface area contributed by atoms with E-state index in [1.807, 2.05) is 0 Å². The van der Waals surface area contributed by atoms with Gasteiger partial charge in [-0.2, -0.15) is 0 Å². The second-order valence-electron chi connectivity index (χ2n) is 2.79. The lowest BCUT2D eigenvalue weighted by Gasteiger charge is -2.01. The van der Waals surface area contributed by atoms with Gasteiger partial charge < -0.3 is 0 Å². The molecule has 0 aliphatic carbocycles. The third-order valence-electron chi connectivity index (χ3n) is 1.72. The Morgan fingerprint density at radius 3 is 2.50 bits per heavy atom. The third kappa shape index (κ3) is 4.89. The molecule has 12 heavy (non-hydrogen) atoms. The Labute approximate surface area is 74.5 Å². The standard InChI is InChI=1S/C11H17F/c1-4-6-7-9-11(8-5-2)10(3)12/h5,8H,2-4,6-7,9H2,1H3/b11-8-. The lowest BCUT2D eigenvalue weighted by molar-refractivity contribution is 0.625. The van der Waals surface area contributed by atoms with Crippen LogP contribution in [0.15, 0.2) is 36.7 Å². The summed E-state index contributed by atoms with van der Waals surface area (Å²) in [7, 11) is 0. The maximum atomic E-state index is 12.7. The predicted molar refractivity (Wildman–Crippen MR) is 52.7 cm³/mol. The minimum absolute atomic E-state index is 0.328. The summed E-state index contributed by atoms with van der Waals surface area (Å²) in [5, 5.41) is 0. The second-order valence-corrected chi connectivity index (χ2v) is 2.79. The predicted octanol–water partition coefficient (Wildman–Crippen LogP) is 4.16. The molecule has 0 aromatic carbocycles. The van der Waals surface area contributed by atoms with Crippen LogP contribution in [-0.2, 0) is 0 Å². The van der Waals surface area contributed by atoms with Crippen LogP contribution in [0.1, 0.15) is 32.6 Å². The molecule has 0 amide bonds. The van der Waals surface area contributed by atoms with Gasteiger partial charge in [-0.05, 0) is 18.4 Å². The fourth-order valence-corrected chi connectivity index (χ4v) is 1.02. The molecule has 0 N–H and O–H groups in total. The Morgan fingerprint density at radius 1 is 1.42 bits per heavy atom. The quantitative estimate of drug-likeness (QED) is 0.412. The molecule has 0 atom stereocenters. The second kappa shape index (κ2) is 6.84. The Kier molecular flexibility index (Phi) is 6.35. The highest BCUT2D eigenvalue weighted by atomic mass is 19.1. The van der Waals surface area contributed by atoms with E-state index in [1.54, 1.807) is 12.2 Å². The van der Waals surface area contributed by atoms with E-state index < -0.39 is 0 Å². The molecule has 0 fully saturated rings. The van der Waals surface area contributed by atoms with Crippen molar-refractivity contribution in [3.8, 4) is 0 Å². The van der Waals surface area contributed by atoms with Crippen LogP contribution in [0.2, 0.25) is 0 Å². The molecule has 0 bridgehead atoms. The third-order valence-corrected chi connectivity index (χ3v) is 1.72. The molecule has 68 valence electrons. The summed E-state index contributed by atoms with van der Waals surface area (Å²) < 4.78 is 12.7. The highest BCUT2D eigenvalue weighted by molar-refractivity contribution is 5.25. The van der Waals surface area contributed by atoms with E-state index >= 15 is 0 Å². The van der Waals surface area contributed by atoms with Crippen molar-refractivity contribution < 1.29 is 4.39 Å². The number of halogens is 1. The van der Waals surface area contributed by atoms with E-state index in [2.05, 4.69) is 20.1 Å². The van der Waals surface area contributed by atoms with Gasteiger partial charge in [0.1, 0.15) is 5.83 Å². The van der Waals surface area contributed by atoms with Crippen molar-refractivity contribution in [3.05, 3.63) is 36.7 Å². The minimum Gasteiger partial charge on any atom is -0.207 e. The van der Waals surface area contributed by atoms with E-state index in [-0.39, 0.29) is 5.83 Å². The number of hydrogen-bond acceptors (Lipinski definition) is 0. The van der Waals surface area contributed by atoms with Gasteiger partial charge in [-0.3, -0.25) is 0 Å². The Morgan fingerprint density at radius 2 is 2.08 bits per heavy atom. The van der Waals surface area contributed by atoms with Crippen molar-refractivity contribution in [2.75, 3.05) is 0 Å². The average Bonchev–Trinajstić information content (AvgIpc) is 2.03. The molecule has 0 saturated heterocycles. The van der Waals surface area contributed by atoms with E-state index in [4.69, 9.17) is 0 Å². The monoisotopic (exact) mass is 168 g/mol. The van der Waals surface area contributed by atoms with Crippen LogP contribution in [0.3, 0.4) is 0 Å². The molecule has 0 aromatic heterocycles. The number of unbranched alkanes of at least 4 members (excludes halogenated alkanes) is 2. The van der Waals surface area contributed by atoms with Gasteiger partial charge in [-0.1, -0.05) is 45.1 Å². The number of hydrogen-bond donors (Lipinski definition) is 0. The van der Waals surface area contributed by atoms with Crippen molar-refractivity contribution in [3.63, 3.8) is 0 Å². The molecular formula is C11H17F. The van der Waals surface area contributed by atoms with E-state index in [0.717, 1.165) is 25.7 Å². The normalized spacial score (nSPS) is 11.3. The first-order valence-corrected chi connectivity index (χ1v) is 4.38. The molecule has 0 saturated carbocycles. The summed E-state index contributed by atoms with van der Waals surface area (Å²) in [6, 6.07) is 0. The van der Waals surface area contributed by atoms with Crippen LogP contribution in [0.5, 0.6) is 0 Å². The zero-order valence-corrected chi connectivity index (χ0v) is 7.78. The molecule has 0 aliphatic heterocycles. The maximum absolute atomic E-state index is 12.7. The van der Waals surface area contributed by atoms with Crippen molar-refractivity contribution in [1.29, 1.82) is 0 Å². The Balaban J connectivity index is 3.89. The van der Waals surface area contributed by atoms with E-state index in [0.29, 0.717) is 5.57 Å². The minimum atomic E-state index is -0.328. The van der Waals surface area contributed by atoms with Gasteiger partial charge in [0.2, 0.25) is 0 Å². The lowest BCUT2D eigenvalue weighted by Crippen LogP contribution is -1.83. The van der Waals surface area contributed by atoms with E-state index in [9.17, 15) is 4.39 Å². The summed E-state index contributed by atoms with van der Waals surface area (Å²) in [5.74, 6) is -0.328. The Hall–Kier alpha value is -0.850. The molecule has 0 unspecified atom stereocenters. The van der Waals surface area contributed by atoms with Crippen molar-refractivity contribution in [2.24, 2.45) is 0 Å². The van der Waals surface area contributed by atoms with Crippen molar-refractivity contribution in [1.82, 2.24) is 0 Å². The molecule has 0 aliphatic rings. The van der Waals surface area contributed by atoms with Crippen LogP contribution >= 0.6 is 0 Å². The number of rotatable bonds is 6. The molecule has 0 nitrogen and oxygen atoms in total. The maximum Gasteiger partial charge on any atom is 0.119 e. The van der Waals surface area contributed by atoms with Crippen molar-refractivity contribution >= 4 is 0 Å². The highest BCUT2D eigenvalue weighted by Gasteiger charge is 1.99. The smallest absolute Gasteiger partial charge is 0.119 e. The summed E-state index contributed by atoms with van der Waals surface area (Å²) in [6.45, 7) is 8.92. The SMILES string of the molecule is C=C/C=C(/CCCCC)C(=C)F. The molecule has 0 aromatic rings. The molecule has 1 heteroatoms. The topological polar surface area (TPSA) is 0 Å². The summed E-state index contributed by atoms with van der Waals surface area (Å²) >= 11 is 0. The van der Waals surface area contributed by atoms with Gasteiger partial charge in [0.25, 0.3) is 0 Å². The zero-order valence-electron chi connectivity index (χ0n) is 7.78. The van der Waals surface area contributed by atoms with Gasteiger partial charge in [0.15, 0.2) is 0 Å². The van der Waals surface area contributed by atoms with Crippen LogP contribution in [0.25, 0.3) is 0 Å². The average molecular weight is 168 g/mol. The van der Waals surface area contributed by atoms with Gasteiger partial charge in [-0.25, -0.2) is 4.39 Å². The van der Waals surface area contributed by atoms with Gasteiger partial charge >= 0.3 is 0 Å². The molecule has 0 heterocycles. The molecule has 0 radical (unpaired) electrons. The zero-order chi connectivity index (χ0) is 9.40. The van der Waals surface area contributed by atoms with Crippen LogP contribution < -0.4 is 0 Å². The summed E-state index contributed by atoms with van der Waals surface area (Å²) in [5.41, 5.74) is 0.679. The molecular weight excluding hydrogens is 151 g/mol. The first kappa shape index (κ1) is 11.2. The van der Waals surface area contributed by atoms with E-state index in [1.165, 1.54) is 0 Å². The van der Waals surface area contributed by atoms with Crippen molar-refractivity contribution in [2.45, 2.75) is 32.6 Å².